The molecule has 4 aliphatic rings. The Balaban J connectivity index is 1.08. The average Bonchev–Trinajstić information content (AvgIpc) is 4.17. The van der Waals surface area contributed by atoms with Crippen LogP contribution in [0.3, 0.4) is 0 Å². The minimum Gasteiger partial charge on any atom is -0.375 e. The molecule has 13 aromatic rings. The Hall–Kier alpha value is -8.55. The monoisotopic (exact) mass is 974 g/mol. The highest BCUT2D eigenvalue weighted by atomic mass is 32.2. The first-order chi connectivity index (χ1) is 36.8. The summed E-state index contributed by atoms with van der Waals surface area (Å²) in [6, 6.07) is 90.5. The quantitative estimate of drug-likeness (QED) is 0.154. The molecule has 342 valence electrons. The van der Waals surface area contributed by atoms with Crippen LogP contribution in [0, 0.1) is 0 Å². The highest BCUT2D eigenvalue weighted by Crippen LogP contribution is 2.56. The summed E-state index contributed by atoms with van der Waals surface area (Å²) in [4.78, 5) is 10.1. The van der Waals surface area contributed by atoms with Gasteiger partial charge in [0.1, 0.15) is 0 Å². The molecule has 4 aliphatic heterocycles. The van der Waals surface area contributed by atoms with Crippen LogP contribution >= 0.6 is 23.5 Å². The fourth-order valence-corrected chi connectivity index (χ4v) is 15.7. The van der Waals surface area contributed by atoms with Crippen molar-refractivity contribution in [1.29, 1.82) is 0 Å². The fourth-order valence-electron chi connectivity index (χ4n) is 13.3. The predicted molar refractivity (Wildman–Crippen MR) is 315 cm³/mol. The molecule has 0 aliphatic carbocycles. The minimum absolute atomic E-state index is 0.0491. The van der Waals surface area contributed by atoms with Crippen molar-refractivity contribution in [3.63, 3.8) is 0 Å². The van der Waals surface area contributed by atoms with E-state index in [0.29, 0.717) is 0 Å². The molecule has 0 unspecified atom stereocenters. The van der Waals surface area contributed by atoms with Crippen LogP contribution in [0.2, 0.25) is 0 Å². The van der Waals surface area contributed by atoms with Crippen molar-refractivity contribution < 1.29 is 0 Å². The zero-order valence-corrected chi connectivity index (χ0v) is 41.5. The van der Waals surface area contributed by atoms with Crippen molar-refractivity contribution in [1.82, 2.24) is 8.96 Å². The number of para-hydroxylation sites is 6. The topological polar surface area (TPSA) is 16.3 Å². The van der Waals surface area contributed by atoms with Gasteiger partial charge in [-0.2, -0.15) is 0 Å². The van der Waals surface area contributed by atoms with Gasteiger partial charge >= 0.3 is 13.7 Å². The first-order valence-corrected chi connectivity index (χ1v) is 27.1. The second-order valence-corrected chi connectivity index (χ2v) is 22.0. The Kier molecular flexibility index (Phi) is 8.57. The van der Waals surface area contributed by atoms with E-state index in [-0.39, 0.29) is 13.7 Å². The summed E-state index contributed by atoms with van der Waals surface area (Å²) in [5.41, 5.74) is 22.6. The molecular formula is C66H40B2N4S2. The van der Waals surface area contributed by atoms with Gasteiger partial charge < -0.3 is 18.8 Å². The summed E-state index contributed by atoms with van der Waals surface area (Å²) in [5, 5.41) is 5.19. The molecule has 0 bridgehead atoms. The lowest BCUT2D eigenvalue weighted by molar-refractivity contribution is 1.24. The maximum Gasteiger partial charge on any atom is 0.331 e. The number of rotatable bonds is 6. The summed E-state index contributed by atoms with van der Waals surface area (Å²) in [6.07, 6.45) is 0. The maximum atomic E-state index is 2.75. The normalized spacial score (nSPS) is 13.2. The van der Waals surface area contributed by atoms with Crippen LogP contribution in [0.15, 0.2) is 262 Å². The van der Waals surface area contributed by atoms with E-state index in [0.717, 1.165) is 34.1 Å². The van der Waals surface area contributed by atoms with Crippen LogP contribution in [0.4, 0.5) is 34.1 Å². The first-order valence-electron chi connectivity index (χ1n) is 25.5. The van der Waals surface area contributed by atoms with Gasteiger partial charge in [-0.1, -0.05) is 169 Å². The van der Waals surface area contributed by atoms with Gasteiger partial charge in [0, 0.05) is 108 Å². The van der Waals surface area contributed by atoms with Crippen LogP contribution in [0.25, 0.3) is 65.9 Å². The van der Waals surface area contributed by atoms with Crippen molar-refractivity contribution in [2.75, 3.05) is 9.80 Å². The Morgan fingerprint density at radius 3 is 1.04 bits per heavy atom. The van der Waals surface area contributed by atoms with Crippen LogP contribution in [0.1, 0.15) is 0 Å². The van der Waals surface area contributed by atoms with Crippen LogP contribution in [-0.2, 0) is 0 Å². The molecule has 8 heteroatoms. The zero-order valence-electron chi connectivity index (χ0n) is 39.9. The number of benzene rings is 11. The fraction of sp³-hybridized carbons (Fsp3) is 0. The third-order valence-corrected chi connectivity index (χ3v) is 18.4. The Bertz CT molecular complexity index is 4150. The Morgan fingerprint density at radius 2 is 0.649 bits per heavy atom. The summed E-state index contributed by atoms with van der Waals surface area (Å²) < 4.78 is 5.51. The van der Waals surface area contributed by atoms with E-state index in [1.165, 1.54) is 107 Å². The molecule has 74 heavy (non-hydrogen) atoms. The third kappa shape index (κ3) is 5.53. The van der Waals surface area contributed by atoms with E-state index in [1.807, 2.05) is 23.5 Å². The van der Waals surface area contributed by atoms with Gasteiger partial charge in [0.2, 0.25) is 0 Å². The predicted octanol–water partition coefficient (Wildman–Crippen LogP) is 15.0. The molecule has 4 nitrogen and oxygen atoms in total. The van der Waals surface area contributed by atoms with Gasteiger partial charge in [0.15, 0.2) is 0 Å². The van der Waals surface area contributed by atoms with Gasteiger partial charge in [-0.15, -0.1) is 0 Å². The average molecular weight is 975 g/mol. The molecule has 0 fully saturated rings. The van der Waals surface area contributed by atoms with Crippen LogP contribution in [0.5, 0.6) is 0 Å². The highest BCUT2D eigenvalue weighted by molar-refractivity contribution is 8.00. The number of hydrogen-bond acceptors (Lipinski definition) is 4. The molecule has 0 saturated carbocycles. The number of anilines is 6. The maximum absolute atomic E-state index is 2.75. The van der Waals surface area contributed by atoms with E-state index in [9.17, 15) is 0 Å². The lowest BCUT2D eigenvalue weighted by Crippen LogP contribution is -2.55. The van der Waals surface area contributed by atoms with Gasteiger partial charge in [-0.05, 0) is 130 Å². The summed E-state index contributed by atoms with van der Waals surface area (Å²) in [5.74, 6) is 0. The molecule has 0 N–H and O–H groups in total. The molecule has 2 aromatic heterocycles. The first kappa shape index (κ1) is 41.0. The number of nitrogens with zero attached hydrogens (tertiary/aromatic N) is 4. The minimum atomic E-state index is -0.0491. The smallest absolute Gasteiger partial charge is 0.331 e. The zero-order chi connectivity index (χ0) is 48.2. The second kappa shape index (κ2) is 15.5. The summed E-state index contributed by atoms with van der Waals surface area (Å²) >= 11 is 3.84. The molecule has 0 atom stereocenters. The van der Waals surface area contributed by atoms with Gasteiger partial charge in [-0.3, -0.25) is 0 Å². The Morgan fingerprint density at radius 1 is 0.311 bits per heavy atom. The largest absolute Gasteiger partial charge is 0.375 e. The van der Waals surface area contributed by atoms with E-state index in [1.54, 1.807) is 0 Å². The molecule has 0 spiro atoms. The lowest BCUT2D eigenvalue weighted by Gasteiger charge is -2.38. The molecular weight excluding hydrogens is 935 g/mol. The SMILES string of the molecule is c1ccc(N(c2ccccc2)c2cc3c4c(c2)-c2c5c6ccccc6n6c5c(c5c7ccccc7n(c25)B4c2ccccc2S3)-c2cc(N(c3ccccc3)c3ccccc3)cc3c2B6c2ccccc2S3)cc1. The number of hydrogen-bond donors (Lipinski definition) is 0. The highest BCUT2D eigenvalue weighted by Gasteiger charge is 2.47. The van der Waals surface area contributed by atoms with E-state index in [2.05, 4.69) is 261 Å². The number of fused-ring (bicyclic) bond motifs is 16. The van der Waals surface area contributed by atoms with E-state index < -0.39 is 0 Å². The van der Waals surface area contributed by atoms with Gasteiger partial charge in [0.05, 0.1) is 0 Å². The van der Waals surface area contributed by atoms with Crippen molar-refractivity contribution in [3.05, 3.63) is 243 Å². The third-order valence-electron chi connectivity index (χ3n) is 16.1. The summed E-state index contributed by atoms with van der Waals surface area (Å²) in [6.45, 7) is -0.0982. The number of aromatic nitrogens is 2. The molecule has 6 heterocycles. The standard InChI is InChI=1S/C66H40B2N4S2/c1-5-21-41(22-6-1)69(42-23-7-2-8-24-42)45-37-49-61-59-47-29-13-17-33-53(47)72-66(59)62(60-48-30-14-18-34-54(48)71(65(60)61)67-51-31-15-19-35-55(51)73-57(39-45)63(49)67)50-38-46(40-58-64(50)68(72)52-32-16-20-36-56(52)74-58)70(43-25-9-3-10-26-43)44-27-11-4-12-28-44/h1-40H. The molecule has 0 radical (unpaired) electrons. The van der Waals surface area contributed by atoms with Crippen molar-refractivity contribution in [2.45, 2.75) is 19.6 Å². The molecule has 0 saturated heterocycles. The van der Waals surface area contributed by atoms with Crippen molar-refractivity contribution in [3.8, 4) is 22.3 Å². The molecule has 0 amide bonds. The van der Waals surface area contributed by atoms with Gasteiger partial charge in [-0.25, -0.2) is 0 Å². The van der Waals surface area contributed by atoms with Crippen LogP contribution < -0.4 is 31.7 Å². The van der Waals surface area contributed by atoms with Gasteiger partial charge in [0.25, 0.3) is 0 Å². The Labute approximate surface area is 437 Å². The molecule has 11 aromatic carbocycles. The van der Waals surface area contributed by atoms with Crippen molar-refractivity contribution in [2.24, 2.45) is 0 Å². The van der Waals surface area contributed by atoms with E-state index in [4.69, 9.17) is 0 Å². The van der Waals surface area contributed by atoms with Crippen LogP contribution in [-0.4, -0.2) is 22.7 Å². The molecule has 17 rings (SSSR count). The lowest BCUT2D eigenvalue weighted by atomic mass is 9.46. The summed E-state index contributed by atoms with van der Waals surface area (Å²) in [7, 11) is 0. The van der Waals surface area contributed by atoms with E-state index >= 15 is 0 Å². The second-order valence-electron chi connectivity index (χ2n) is 19.9. The van der Waals surface area contributed by atoms with Crippen molar-refractivity contribution >= 4 is 137 Å².